The Bertz CT molecular complexity index is 680. The highest BCUT2D eigenvalue weighted by Crippen LogP contribution is 2.36. The first kappa shape index (κ1) is 14.8. The summed E-state index contributed by atoms with van der Waals surface area (Å²) in [6, 6.07) is 3.10. The molecular weight excluding hydrogens is 275 g/mol. The lowest BCUT2D eigenvalue weighted by Crippen LogP contribution is -2.07. The third-order valence-corrected chi connectivity index (χ3v) is 3.02. The number of hydrogen-bond donors (Lipinski definition) is 1. The van der Waals surface area contributed by atoms with Crippen LogP contribution < -0.4 is 5.32 Å². The number of halogens is 1. The van der Waals surface area contributed by atoms with Crippen LogP contribution in [0.1, 0.15) is 18.1 Å². The normalized spacial score (nSPS) is 10.5. The van der Waals surface area contributed by atoms with E-state index in [2.05, 4.69) is 15.3 Å². The molecule has 1 aromatic heterocycles. The number of aromatic nitrogens is 2. The first-order valence-electron chi connectivity index (χ1n) is 6.46. The molecule has 0 bridgehead atoms. The van der Waals surface area contributed by atoms with E-state index in [1.54, 1.807) is 26.8 Å². The van der Waals surface area contributed by atoms with Crippen LogP contribution in [-0.2, 0) is 0 Å². The van der Waals surface area contributed by atoms with Crippen LogP contribution in [0.2, 0.25) is 0 Å². The van der Waals surface area contributed by atoms with Crippen molar-refractivity contribution in [3.63, 3.8) is 0 Å². The van der Waals surface area contributed by atoms with Gasteiger partial charge in [0.05, 0.1) is 4.92 Å². The molecule has 21 heavy (non-hydrogen) atoms. The number of hydrogen-bond acceptors (Lipinski definition) is 5. The Morgan fingerprint density at radius 2 is 2.05 bits per heavy atom. The van der Waals surface area contributed by atoms with Crippen molar-refractivity contribution < 1.29 is 9.31 Å². The fourth-order valence-electron chi connectivity index (χ4n) is 2.25. The minimum Gasteiger partial charge on any atom is -0.365 e. The van der Waals surface area contributed by atoms with Crippen molar-refractivity contribution in [2.75, 3.05) is 11.9 Å². The summed E-state index contributed by atoms with van der Waals surface area (Å²) in [7, 11) is 0. The molecule has 0 aliphatic carbocycles. The summed E-state index contributed by atoms with van der Waals surface area (Å²) in [5, 5.41) is 14.1. The zero-order valence-corrected chi connectivity index (χ0v) is 12.0. The van der Waals surface area contributed by atoms with E-state index in [1.165, 1.54) is 12.4 Å². The Balaban J connectivity index is 2.75. The number of nitro groups is 1. The number of nitrogens with zero attached hydrogens (tertiary/aromatic N) is 3. The molecule has 2 aromatic rings. The van der Waals surface area contributed by atoms with Gasteiger partial charge in [0, 0.05) is 12.1 Å². The summed E-state index contributed by atoms with van der Waals surface area (Å²) in [6.07, 6.45) is 1.19. The van der Waals surface area contributed by atoms with Gasteiger partial charge in [-0.25, -0.2) is 14.4 Å². The SMILES string of the molecule is CCNc1ncnc(-c2c(C)cc(C)cc2F)c1[N+](=O)[O-]. The van der Waals surface area contributed by atoms with Crippen LogP contribution in [0.3, 0.4) is 0 Å². The van der Waals surface area contributed by atoms with Crippen molar-refractivity contribution >= 4 is 11.5 Å². The first-order valence-corrected chi connectivity index (χ1v) is 6.46. The Kier molecular flexibility index (Phi) is 4.11. The molecule has 0 radical (unpaired) electrons. The maximum Gasteiger partial charge on any atom is 0.337 e. The molecule has 6 nitrogen and oxygen atoms in total. The molecule has 0 saturated heterocycles. The summed E-state index contributed by atoms with van der Waals surface area (Å²) < 4.78 is 14.3. The molecule has 1 aromatic carbocycles. The number of rotatable bonds is 4. The smallest absolute Gasteiger partial charge is 0.337 e. The lowest BCUT2D eigenvalue weighted by Gasteiger charge is -2.10. The van der Waals surface area contributed by atoms with Crippen molar-refractivity contribution in [1.29, 1.82) is 0 Å². The fraction of sp³-hybridized carbons (Fsp3) is 0.286. The molecule has 1 heterocycles. The minimum absolute atomic E-state index is 0.0130. The summed E-state index contributed by atoms with van der Waals surface area (Å²) in [5.74, 6) is -0.441. The average Bonchev–Trinajstić information content (AvgIpc) is 2.37. The molecule has 1 N–H and O–H groups in total. The number of nitrogens with one attached hydrogen (secondary N) is 1. The largest absolute Gasteiger partial charge is 0.365 e. The van der Waals surface area contributed by atoms with Crippen LogP contribution >= 0.6 is 0 Å². The Morgan fingerprint density at radius 1 is 1.33 bits per heavy atom. The van der Waals surface area contributed by atoms with E-state index < -0.39 is 10.7 Å². The Labute approximate surface area is 121 Å². The molecule has 0 amide bonds. The molecule has 0 aliphatic rings. The molecule has 0 spiro atoms. The van der Waals surface area contributed by atoms with Crippen LogP contribution in [0, 0.1) is 29.8 Å². The number of anilines is 1. The highest BCUT2D eigenvalue weighted by atomic mass is 19.1. The maximum absolute atomic E-state index is 14.3. The molecular formula is C14H15FN4O2. The van der Waals surface area contributed by atoms with Gasteiger partial charge in [0.15, 0.2) is 5.69 Å². The highest BCUT2D eigenvalue weighted by molar-refractivity contribution is 5.79. The van der Waals surface area contributed by atoms with Gasteiger partial charge in [-0.1, -0.05) is 6.07 Å². The fourth-order valence-corrected chi connectivity index (χ4v) is 2.25. The van der Waals surface area contributed by atoms with Crippen molar-refractivity contribution in [3.05, 3.63) is 45.5 Å². The van der Waals surface area contributed by atoms with Crippen LogP contribution in [0.5, 0.6) is 0 Å². The molecule has 0 saturated carbocycles. The van der Waals surface area contributed by atoms with Gasteiger partial charge in [0.25, 0.3) is 0 Å². The van der Waals surface area contributed by atoms with Gasteiger partial charge in [-0.2, -0.15) is 0 Å². The van der Waals surface area contributed by atoms with Gasteiger partial charge in [0.1, 0.15) is 12.1 Å². The summed E-state index contributed by atoms with van der Waals surface area (Å²) in [4.78, 5) is 18.6. The molecule has 7 heteroatoms. The topological polar surface area (TPSA) is 81.0 Å². The Morgan fingerprint density at radius 3 is 2.62 bits per heavy atom. The van der Waals surface area contributed by atoms with Crippen molar-refractivity contribution in [3.8, 4) is 11.3 Å². The van der Waals surface area contributed by atoms with E-state index in [-0.39, 0.29) is 22.8 Å². The van der Waals surface area contributed by atoms with Crippen molar-refractivity contribution in [2.24, 2.45) is 0 Å². The van der Waals surface area contributed by atoms with E-state index in [1.807, 2.05) is 0 Å². The molecule has 0 fully saturated rings. The van der Waals surface area contributed by atoms with Gasteiger partial charge in [-0.3, -0.25) is 10.1 Å². The minimum atomic E-state index is -0.591. The van der Waals surface area contributed by atoms with Gasteiger partial charge < -0.3 is 5.32 Å². The van der Waals surface area contributed by atoms with E-state index in [0.717, 1.165) is 5.56 Å². The number of aryl methyl sites for hydroxylation is 2. The maximum atomic E-state index is 14.3. The van der Waals surface area contributed by atoms with Crippen LogP contribution in [-0.4, -0.2) is 21.4 Å². The van der Waals surface area contributed by atoms with E-state index in [4.69, 9.17) is 0 Å². The molecule has 2 rings (SSSR count). The van der Waals surface area contributed by atoms with Gasteiger partial charge in [-0.05, 0) is 38.0 Å². The second kappa shape index (κ2) is 5.82. The summed E-state index contributed by atoms with van der Waals surface area (Å²) >= 11 is 0. The summed E-state index contributed by atoms with van der Waals surface area (Å²) in [5.41, 5.74) is 1.15. The zero-order valence-electron chi connectivity index (χ0n) is 12.0. The summed E-state index contributed by atoms with van der Waals surface area (Å²) in [6.45, 7) is 5.72. The van der Waals surface area contributed by atoms with Crippen molar-refractivity contribution in [1.82, 2.24) is 9.97 Å². The van der Waals surface area contributed by atoms with Gasteiger partial charge >= 0.3 is 5.69 Å². The van der Waals surface area contributed by atoms with Crippen LogP contribution in [0.4, 0.5) is 15.9 Å². The predicted octanol–water partition coefficient (Wildman–Crippen LogP) is 3.24. The lowest BCUT2D eigenvalue weighted by atomic mass is 10.0. The molecule has 110 valence electrons. The van der Waals surface area contributed by atoms with E-state index >= 15 is 0 Å². The van der Waals surface area contributed by atoms with Gasteiger partial charge in [-0.15, -0.1) is 0 Å². The van der Waals surface area contributed by atoms with E-state index in [0.29, 0.717) is 12.1 Å². The monoisotopic (exact) mass is 290 g/mol. The third-order valence-electron chi connectivity index (χ3n) is 3.02. The van der Waals surface area contributed by atoms with Crippen LogP contribution in [0.15, 0.2) is 18.5 Å². The standard InChI is InChI=1S/C14H15FN4O2/c1-4-16-14-13(19(20)21)12(17-7-18-14)11-9(3)5-8(2)6-10(11)15/h5-7H,4H2,1-3H3,(H,16,17,18). The second-order valence-electron chi connectivity index (χ2n) is 4.65. The van der Waals surface area contributed by atoms with Gasteiger partial charge in [0.2, 0.25) is 5.82 Å². The third kappa shape index (κ3) is 2.81. The average molecular weight is 290 g/mol. The first-order chi connectivity index (χ1) is 9.95. The quantitative estimate of drug-likeness (QED) is 0.690. The molecule has 0 atom stereocenters. The van der Waals surface area contributed by atoms with Crippen molar-refractivity contribution in [2.45, 2.75) is 20.8 Å². The molecule has 0 unspecified atom stereocenters. The lowest BCUT2D eigenvalue weighted by molar-refractivity contribution is -0.383. The number of benzene rings is 1. The molecule has 0 aliphatic heterocycles. The Hall–Kier alpha value is -2.57. The van der Waals surface area contributed by atoms with Crippen LogP contribution in [0.25, 0.3) is 11.3 Å². The van der Waals surface area contributed by atoms with E-state index in [9.17, 15) is 14.5 Å². The highest BCUT2D eigenvalue weighted by Gasteiger charge is 2.26. The predicted molar refractivity (Wildman–Crippen MR) is 77.7 cm³/mol. The second-order valence-corrected chi connectivity index (χ2v) is 4.65. The zero-order chi connectivity index (χ0) is 15.6.